The van der Waals surface area contributed by atoms with Crippen molar-refractivity contribution in [2.45, 2.75) is 70.7 Å². The molecule has 0 spiro atoms. The first-order valence-electron chi connectivity index (χ1n) is 11.1. The van der Waals surface area contributed by atoms with Gasteiger partial charge in [0.05, 0.1) is 12.2 Å². The quantitative estimate of drug-likeness (QED) is 0.603. The number of nitrogens with one attached hydrogen (secondary N) is 1. The number of hydrogen-bond donors (Lipinski definition) is 3. The van der Waals surface area contributed by atoms with E-state index in [2.05, 4.69) is 10.3 Å². The Morgan fingerprint density at radius 1 is 1.26 bits per heavy atom. The minimum Gasteiger partial charge on any atom is -0.465 e. The Morgan fingerprint density at radius 3 is 2.50 bits per heavy atom. The normalized spacial score (nSPS) is 18.2. The zero-order chi connectivity index (χ0) is 25.0. The number of nitrogens with zero attached hydrogens (tertiary/aromatic N) is 3. The maximum atomic E-state index is 14.8. The molecule has 4 N–H and O–H groups in total. The average Bonchev–Trinajstić information content (AvgIpc) is 2.72. The zero-order valence-electron chi connectivity index (χ0n) is 19.5. The summed E-state index contributed by atoms with van der Waals surface area (Å²) in [4.78, 5) is 40.8. The van der Waals surface area contributed by atoms with E-state index in [1.807, 2.05) is 0 Å². The van der Waals surface area contributed by atoms with Crippen LogP contribution in [0.5, 0.6) is 0 Å². The van der Waals surface area contributed by atoms with Crippen LogP contribution in [0.1, 0.15) is 52.0 Å². The third kappa shape index (κ3) is 6.46. The van der Waals surface area contributed by atoms with Gasteiger partial charge in [-0.1, -0.05) is 6.07 Å². The molecule has 1 aliphatic carbocycles. The van der Waals surface area contributed by atoms with Gasteiger partial charge in [-0.2, -0.15) is 4.98 Å². The number of anilines is 1. The number of carboxylic acid groups (broad SMARTS) is 1. The van der Waals surface area contributed by atoms with E-state index in [9.17, 15) is 23.9 Å². The standard InChI is InChI=1S/C23H30FN5O5/c1-23(2,3)34-21(31)26-15-5-8-16(9-6-15)29(22(32)33)13-14-4-7-17(12-18(14)24)28-11-10-19(25)27-20(28)30/h4,7,10-12,15-16H,5-6,8-9,13H2,1-3H3,(H,26,31)(H,32,33)(H2,25,27,30)/t15-,16-. The number of ether oxygens (including phenoxy) is 1. The lowest BCUT2D eigenvalue weighted by atomic mass is 9.90. The van der Waals surface area contributed by atoms with Gasteiger partial charge in [0, 0.05) is 23.8 Å². The maximum Gasteiger partial charge on any atom is 0.407 e. The van der Waals surface area contributed by atoms with Crippen LogP contribution >= 0.6 is 0 Å². The third-order valence-electron chi connectivity index (χ3n) is 5.58. The fourth-order valence-electron chi connectivity index (χ4n) is 3.97. The average molecular weight is 476 g/mol. The highest BCUT2D eigenvalue weighted by molar-refractivity contribution is 5.68. The molecule has 10 nitrogen and oxygen atoms in total. The van der Waals surface area contributed by atoms with Crippen molar-refractivity contribution in [2.75, 3.05) is 5.73 Å². The molecule has 0 saturated heterocycles. The van der Waals surface area contributed by atoms with Crippen LogP contribution in [0.2, 0.25) is 0 Å². The number of amides is 2. The fraction of sp³-hybridized carbons (Fsp3) is 0.478. The number of halogens is 1. The number of carbonyl (C=O) groups is 2. The van der Waals surface area contributed by atoms with Crippen molar-refractivity contribution in [3.8, 4) is 5.69 Å². The minimum atomic E-state index is -1.15. The van der Waals surface area contributed by atoms with Crippen LogP contribution in [0.4, 0.5) is 19.8 Å². The van der Waals surface area contributed by atoms with Gasteiger partial charge in [0.15, 0.2) is 0 Å². The van der Waals surface area contributed by atoms with E-state index in [1.165, 1.54) is 29.3 Å². The van der Waals surface area contributed by atoms with E-state index in [1.54, 1.807) is 20.8 Å². The van der Waals surface area contributed by atoms with Crippen LogP contribution < -0.4 is 16.7 Å². The molecule has 0 atom stereocenters. The molecule has 0 unspecified atom stereocenters. The number of hydrogen-bond acceptors (Lipinski definition) is 6. The molecule has 34 heavy (non-hydrogen) atoms. The first-order chi connectivity index (χ1) is 15.9. The van der Waals surface area contributed by atoms with Gasteiger partial charge in [-0.05, 0) is 64.7 Å². The summed E-state index contributed by atoms with van der Waals surface area (Å²) in [6, 6.07) is 5.16. The highest BCUT2D eigenvalue weighted by Crippen LogP contribution is 2.26. The maximum absolute atomic E-state index is 14.8. The number of nitrogen functional groups attached to an aromatic ring is 1. The molecule has 1 aromatic heterocycles. The summed E-state index contributed by atoms with van der Waals surface area (Å²) in [5.74, 6) is -0.570. The smallest absolute Gasteiger partial charge is 0.407 e. The number of benzene rings is 1. The molecular formula is C23H30FN5O5. The molecule has 1 aliphatic rings. The summed E-state index contributed by atoms with van der Waals surface area (Å²) in [7, 11) is 0. The molecule has 1 aromatic carbocycles. The first kappa shape index (κ1) is 25.0. The molecule has 1 heterocycles. The molecule has 0 aliphatic heterocycles. The summed E-state index contributed by atoms with van der Waals surface area (Å²) in [5, 5.41) is 12.6. The highest BCUT2D eigenvalue weighted by atomic mass is 19.1. The second kappa shape index (κ2) is 10.1. The van der Waals surface area contributed by atoms with Crippen LogP contribution in [-0.4, -0.2) is 49.4 Å². The number of nitrogens with two attached hydrogens (primary N) is 1. The van der Waals surface area contributed by atoms with Crippen molar-refractivity contribution in [1.82, 2.24) is 19.8 Å². The molecule has 1 saturated carbocycles. The molecule has 1 fully saturated rings. The van der Waals surface area contributed by atoms with Crippen molar-refractivity contribution in [1.29, 1.82) is 0 Å². The summed E-state index contributed by atoms with van der Waals surface area (Å²) in [6.07, 6.45) is 1.98. The lowest BCUT2D eigenvalue weighted by molar-refractivity contribution is 0.0471. The van der Waals surface area contributed by atoms with Gasteiger partial charge >= 0.3 is 17.9 Å². The first-order valence-corrected chi connectivity index (χ1v) is 11.1. The molecule has 2 aromatic rings. The Kier molecular flexibility index (Phi) is 7.43. The van der Waals surface area contributed by atoms with E-state index in [4.69, 9.17) is 10.5 Å². The predicted molar refractivity (Wildman–Crippen MR) is 123 cm³/mol. The fourth-order valence-corrected chi connectivity index (χ4v) is 3.97. The van der Waals surface area contributed by atoms with Gasteiger partial charge < -0.3 is 25.8 Å². The van der Waals surface area contributed by atoms with Crippen molar-refractivity contribution < 1.29 is 23.8 Å². The summed E-state index contributed by atoms with van der Waals surface area (Å²) in [5.41, 5.74) is 4.69. The Morgan fingerprint density at radius 2 is 1.94 bits per heavy atom. The Bertz CT molecular complexity index is 1110. The van der Waals surface area contributed by atoms with Crippen LogP contribution in [0.25, 0.3) is 5.69 Å². The van der Waals surface area contributed by atoms with E-state index in [0.29, 0.717) is 25.7 Å². The second-order valence-electron chi connectivity index (χ2n) is 9.34. The topological polar surface area (TPSA) is 140 Å². The van der Waals surface area contributed by atoms with Gasteiger partial charge in [-0.3, -0.25) is 4.57 Å². The summed E-state index contributed by atoms with van der Waals surface area (Å²) in [6.45, 7) is 5.21. The third-order valence-corrected chi connectivity index (χ3v) is 5.58. The van der Waals surface area contributed by atoms with Gasteiger partial charge in [0.2, 0.25) is 0 Å². The molecule has 0 radical (unpaired) electrons. The van der Waals surface area contributed by atoms with Crippen LogP contribution in [0, 0.1) is 5.82 Å². The van der Waals surface area contributed by atoms with Gasteiger partial charge in [0.1, 0.15) is 17.2 Å². The van der Waals surface area contributed by atoms with Gasteiger partial charge in [0.25, 0.3) is 0 Å². The highest BCUT2D eigenvalue weighted by Gasteiger charge is 2.31. The van der Waals surface area contributed by atoms with Crippen LogP contribution in [0.3, 0.4) is 0 Å². The molecule has 11 heteroatoms. The second-order valence-corrected chi connectivity index (χ2v) is 9.34. The largest absolute Gasteiger partial charge is 0.465 e. The number of carbonyl (C=O) groups excluding carboxylic acids is 1. The Labute approximate surface area is 196 Å². The van der Waals surface area contributed by atoms with Crippen molar-refractivity contribution >= 4 is 18.0 Å². The van der Waals surface area contributed by atoms with Crippen LogP contribution in [0.15, 0.2) is 35.3 Å². The number of rotatable bonds is 5. The minimum absolute atomic E-state index is 0.0615. The van der Waals surface area contributed by atoms with E-state index in [-0.39, 0.29) is 35.7 Å². The van der Waals surface area contributed by atoms with E-state index >= 15 is 0 Å². The van der Waals surface area contributed by atoms with Crippen molar-refractivity contribution in [3.05, 3.63) is 52.3 Å². The van der Waals surface area contributed by atoms with Crippen LogP contribution in [-0.2, 0) is 11.3 Å². The summed E-state index contributed by atoms with van der Waals surface area (Å²) < 4.78 is 21.3. The van der Waals surface area contributed by atoms with E-state index < -0.39 is 29.3 Å². The monoisotopic (exact) mass is 475 g/mol. The molecule has 3 rings (SSSR count). The predicted octanol–water partition coefficient (Wildman–Crippen LogP) is 3.27. The Balaban J connectivity index is 1.65. The van der Waals surface area contributed by atoms with Gasteiger partial charge in [-0.15, -0.1) is 0 Å². The lowest BCUT2D eigenvalue weighted by Crippen LogP contribution is -2.46. The number of alkyl carbamates (subject to hydrolysis) is 1. The molecule has 2 amide bonds. The molecule has 0 bridgehead atoms. The molecular weight excluding hydrogens is 445 g/mol. The van der Waals surface area contributed by atoms with Gasteiger partial charge in [-0.25, -0.2) is 18.8 Å². The van der Waals surface area contributed by atoms with E-state index in [0.717, 1.165) is 10.6 Å². The SMILES string of the molecule is CC(C)(C)OC(=O)N[C@H]1CC[C@H](N(Cc2ccc(-n3ccc(N)nc3=O)cc2F)C(=O)O)CC1. The number of aromatic nitrogens is 2. The van der Waals surface area contributed by atoms with Crippen molar-refractivity contribution in [3.63, 3.8) is 0 Å². The summed E-state index contributed by atoms with van der Waals surface area (Å²) >= 11 is 0. The zero-order valence-corrected chi connectivity index (χ0v) is 19.5. The van der Waals surface area contributed by atoms with Crippen molar-refractivity contribution in [2.24, 2.45) is 0 Å². The lowest BCUT2D eigenvalue weighted by Gasteiger charge is -2.35. The Hall–Kier alpha value is -3.63. The molecule has 184 valence electrons.